The zero-order chi connectivity index (χ0) is 15.5. The van der Waals surface area contributed by atoms with Gasteiger partial charge in [0.15, 0.2) is 5.78 Å². The van der Waals surface area contributed by atoms with E-state index in [9.17, 15) is 9.59 Å². The second kappa shape index (κ2) is 5.98. The van der Waals surface area contributed by atoms with Crippen LogP contribution in [0, 0.1) is 0 Å². The molecule has 0 spiro atoms. The van der Waals surface area contributed by atoms with E-state index >= 15 is 0 Å². The van der Waals surface area contributed by atoms with Crippen LogP contribution in [0.2, 0.25) is 0 Å². The second-order valence-electron chi connectivity index (χ2n) is 5.31. The van der Waals surface area contributed by atoms with Crippen LogP contribution in [-0.4, -0.2) is 11.8 Å². The fourth-order valence-electron chi connectivity index (χ4n) is 2.81. The summed E-state index contributed by atoms with van der Waals surface area (Å²) in [4.78, 5) is 24.6. The van der Waals surface area contributed by atoms with Crippen molar-refractivity contribution in [3.8, 4) is 0 Å². The molecular formula is C19H16O3. The highest BCUT2D eigenvalue weighted by Gasteiger charge is 2.33. The molecule has 0 amide bonds. The number of allylic oxidation sites excluding steroid dienone is 2. The number of rotatable bonds is 3. The van der Waals surface area contributed by atoms with Crippen molar-refractivity contribution in [2.24, 2.45) is 0 Å². The lowest BCUT2D eigenvalue weighted by Crippen LogP contribution is -2.24. The molecule has 1 unspecified atom stereocenters. The van der Waals surface area contributed by atoms with E-state index in [0.717, 1.165) is 5.56 Å². The summed E-state index contributed by atoms with van der Waals surface area (Å²) >= 11 is 0. The number of carbonyl (C=O) groups is 2. The van der Waals surface area contributed by atoms with Crippen molar-refractivity contribution in [2.45, 2.75) is 19.3 Å². The summed E-state index contributed by atoms with van der Waals surface area (Å²) < 4.78 is 5.21. The first kappa shape index (κ1) is 14.3. The molecule has 1 atom stereocenters. The highest BCUT2D eigenvalue weighted by Crippen LogP contribution is 2.36. The Balaban J connectivity index is 2.06. The molecule has 1 heterocycles. The van der Waals surface area contributed by atoms with Crippen LogP contribution in [0.15, 0.2) is 72.0 Å². The van der Waals surface area contributed by atoms with Crippen LogP contribution in [0.5, 0.6) is 0 Å². The van der Waals surface area contributed by atoms with E-state index in [1.165, 1.54) is 0 Å². The first-order chi connectivity index (χ1) is 10.7. The van der Waals surface area contributed by atoms with Crippen LogP contribution in [0.3, 0.4) is 0 Å². The molecule has 0 aliphatic carbocycles. The van der Waals surface area contributed by atoms with Gasteiger partial charge in [-0.3, -0.25) is 9.59 Å². The SMILES string of the molecule is CC1=C(C(=O)c2ccccc2)C(c2ccccc2)CC(=O)O1. The molecule has 0 radical (unpaired) electrons. The van der Waals surface area contributed by atoms with E-state index in [1.54, 1.807) is 19.1 Å². The molecule has 110 valence electrons. The summed E-state index contributed by atoms with van der Waals surface area (Å²) in [6.07, 6.45) is 0.190. The van der Waals surface area contributed by atoms with Crippen molar-refractivity contribution < 1.29 is 14.3 Å². The second-order valence-corrected chi connectivity index (χ2v) is 5.31. The maximum atomic E-state index is 12.9. The minimum Gasteiger partial charge on any atom is -0.431 e. The Kier molecular flexibility index (Phi) is 3.88. The van der Waals surface area contributed by atoms with Gasteiger partial charge >= 0.3 is 5.97 Å². The molecule has 0 bridgehead atoms. The number of cyclic esters (lactones) is 1. The van der Waals surface area contributed by atoms with E-state index in [4.69, 9.17) is 4.74 Å². The predicted molar refractivity (Wildman–Crippen MR) is 83.4 cm³/mol. The number of ether oxygens (including phenoxy) is 1. The van der Waals surface area contributed by atoms with Gasteiger partial charge in [-0.2, -0.15) is 0 Å². The molecule has 0 saturated heterocycles. The predicted octanol–water partition coefficient (Wildman–Crippen LogP) is 3.87. The molecule has 0 saturated carbocycles. The minimum atomic E-state index is -0.295. The van der Waals surface area contributed by atoms with Crippen molar-refractivity contribution in [3.63, 3.8) is 0 Å². The molecule has 2 aromatic carbocycles. The molecule has 3 heteroatoms. The van der Waals surface area contributed by atoms with Crippen molar-refractivity contribution >= 4 is 11.8 Å². The van der Waals surface area contributed by atoms with Gasteiger partial charge in [-0.05, 0) is 12.5 Å². The summed E-state index contributed by atoms with van der Waals surface area (Å²) in [7, 11) is 0. The number of hydrogen-bond donors (Lipinski definition) is 0. The van der Waals surface area contributed by atoms with Gasteiger partial charge in [0.2, 0.25) is 0 Å². The van der Waals surface area contributed by atoms with Gasteiger partial charge in [-0.15, -0.1) is 0 Å². The quantitative estimate of drug-likeness (QED) is 0.637. The molecule has 0 N–H and O–H groups in total. The lowest BCUT2D eigenvalue weighted by Gasteiger charge is -2.26. The third-order valence-corrected chi connectivity index (χ3v) is 3.85. The Hall–Kier alpha value is -2.68. The molecule has 3 rings (SSSR count). The summed E-state index contributed by atoms with van der Waals surface area (Å²) in [6, 6.07) is 18.7. The van der Waals surface area contributed by atoms with Crippen molar-refractivity contribution in [2.75, 3.05) is 0 Å². The lowest BCUT2D eigenvalue weighted by atomic mass is 9.82. The Morgan fingerprint density at radius 3 is 2.23 bits per heavy atom. The third-order valence-electron chi connectivity index (χ3n) is 3.85. The number of Topliss-reactive ketones (excluding diaryl/α,β-unsaturated/α-hetero) is 1. The van der Waals surface area contributed by atoms with Crippen LogP contribution in [0.4, 0.5) is 0 Å². The Bertz CT molecular complexity index is 730. The number of ketones is 1. The first-order valence-electron chi connectivity index (χ1n) is 7.23. The Morgan fingerprint density at radius 2 is 1.59 bits per heavy atom. The average Bonchev–Trinajstić information content (AvgIpc) is 2.55. The molecule has 1 aliphatic heterocycles. The average molecular weight is 292 g/mol. The molecule has 22 heavy (non-hydrogen) atoms. The normalized spacial score (nSPS) is 18.0. The maximum Gasteiger partial charge on any atom is 0.311 e. The highest BCUT2D eigenvalue weighted by molar-refractivity contribution is 6.10. The van der Waals surface area contributed by atoms with E-state index in [-0.39, 0.29) is 24.1 Å². The molecule has 3 nitrogen and oxygen atoms in total. The van der Waals surface area contributed by atoms with Crippen molar-refractivity contribution in [3.05, 3.63) is 83.1 Å². The molecule has 1 aliphatic rings. The van der Waals surface area contributed by atoms with Gasteiger partial charge in [-0.1, -0.05) is 60.7 Å². The van der Waals surface area contributed by atoms with Gasteiger partial charge in [0.1, 0.15) is 5.76 Å². The van der Waals surface area contributed by atoms with Crippen LogP contribution in [0.1, 0.15) is 35.2 Å². The smallest absolute Gasteiger partial charge is 0.311 e. The van der Waals surface area contributed by atoms with Gasteiger partial charge in [0.25, 0.3) is 0 Å². The zero-order valence-electron chi connectivity index (χ0n) is 12.3. The molecular weight excluding hydrogens is 276 g/mol. The third kappa shape index (κ3) is 2.70. The minimum absolute atomic E-state index is 0.0838. The Morgan fingerprint density at radius 1 is 1.00 bits per heavy atom. The molecule has 0 aromatic heterocycles. The topological polar surface area (TPSA) is 43.4 Å². The van der Waals surface area contributed by atoms with Gasteiger partial charge in [0, 0.05) is 17.1 Å². The number of carbonyl (C=O) groups excluding carboxylic acids is 2. The van der Waals surface area contributed by atoms with Crippen molar-refractivity contribution in [1.29, 1.82) is 0 Å². The zero-order valence-corrected chi connectivity index (χ0v) is 12.3. The largest absolute Gasteiger partial charge is 0.431 e. The monoisotopic (exact) mass is 292 g/mol. The molecule has 0 fully saturated rings. The van der Waals surface area contributed by atoms with Crippen molar-refractivity contribution in [1.82, 2.24) is 0 Å². The summed E-state index contributed by atoms with van der Waals surface area (Å²) in [5, 5.41) is 0. The van der Waals surface area contributed by atoms with Crippen LogP contribution in [0.25, 0.3) is 0 Å². The van der Waals surface area contributed by atoms with Gasteiger partial charge < -0.3 is 4.74 Å². The Labute approximate surface area is 129 Å². The van der Waals surface area contributed by atoms with Crippen LogP contribution in [-0.2, 0) is 9.53 Å². The summed E-state index contributed by atoms with van der Waals surface area (Å²) in [5.41, 5.74) is 2.13. The fraction of sp³-hybridized carbons (Fsp3) is 0.158. The van der Waals surface area contributed by atoms with Gasteiger partial charge in [-0.25, -0.2) is 0 Å². The van der Waals surface area contributed by atoms with Gasteiger partial charge in [0.05, 0.1) is 6.42 Å². The number of hydrogen-bond acceptors (Lipinski definition) is 3. The number of esters is 1. The fourth-order valence-corrected chi connectivity index (χ4v) is 2.81. The number of benzene rings is 2. The summed E-state index contributed by atoms with van der Waals surface area (Å²) in [6.45, 7) is 1.68. The summed E-state index contributed by atoms with van der Waals surface area (Å²) in [5.74, 6) is -0.232. The van der Waals surface area contributed by atoms with E-state index in [2.05, 4.69) is 0 Å². The van der Waals surface area contributed by atoms with E-state index in [1.807, 2.05) is 48.5 Å². The van der Waals surface area contributed by atoms with E-state index < -0.39 is 0 Å². The maximum absolute atomic E-state index is 12.9. The van der Waals surface area contributed by atoms with Crippen LogP contribution >= 0.6 is 0 Å². The molecule has 2 aromatic rings. The standard InChI is InChI=1S/C19H16O3/c1-13-18(19(21)15-10-6-3-7-11-15)16(12-17(20)22-13)14-8-4-2-5-9-14/h2-11,16H,12H2,1H3. The highest BCUT2D eigenvalue weighted by atomic mass is 16.5. The lowest BCUT2D eigenvalue weighted by molar-refractivity contribution is -0.140. The van der Waals surface area contributed by atoms with E-state index in [0.29, 0.717) is 16.9 Å². The first-order valence-corrected chi connectivity index (χ1v) is 7.23. The van der Waals surface area contributed by atoms with Crippen LogP contribution < -0.4 is 0 Å².